The van der Waals surface area contributed by atoms with Crippen LogP contribution in [0.1, 0.15) is 33.6 Å². The highest BCUT2D eigenvalue weighted by atomic mass is 32.1. The zero-order valence-corrected chi connectivity index (χ0v) is 10.4. The normalized spacial score (nSPS) is 23.3. The molecular weight excluding hydrogens is 204 g/mol. The minimum absolute atomic E-state index is 0.193. The molecule has 0 aromatic heterocycles. The van der Waals surface area contributed by atoms with Crippen LogP contribution in [-0.4, -0.2) is 16.9 Å². The zero-order valence-electron chi connectivity index (χ0n) is 9.58. The van der Waals surface area contributed by atoms with Gasteiger partial charge in [-0.1, -0.05) is 31.6 Å². The van der Waals surface area contributed by atoms with E-state index < -0.39 is 0 Å². The third kappa shape index (κ3) is 3.34. The van der Waals surface area contributed by atoms with Crippen molar-refractivity contribution in [2.24, 2.45) is 16.8 Å². The molecule has 0 bridgehead atoms. The van der Waals surface area contributed by atoms with E-state index in [4.69, 9.17) is 17.6 Å². The van der Waals surface area contributed by atoms with Gasteiger partial charge in [-0.25, -0.2) is 4.99 Å². The van der Waals surface area contributed by atoms with Gasteiger partial charge < -0.3 is 5.41 Å². The van der Waals surface area contributed by atoms with E-state index in [0.29, 0.717) is 16.6 Å². The van der Waals surface area contributed by atoms with Gasteiger partial charge in [0.2, 0.25) is 0 Å². The fourth-order valence-electron chi connectivity index (χ4n) is 1.62. The van der Waals surface area contributed by atoms with Crippen LogP contribution in [0.25, 0.3) is 0 Å². The monoisotopic (exact) mass is 222 g/mol. The van der Waals surface area contributed by atoms with Crippen molar-refractivity contribution >= 4 is 29.1 Å². The zero-order chi connectivity index (χ0) is 11.4. The molecule has 0 aliphatic carbocycles. The molecule has 2 atom stereocenters. The van der Waals surface area contributed by atoms with E-state index in [0.717, 1.165) is 12.8 Å². The molecule has 0 aromatic carbocycles. The van der Waals surface area contributed by atoms with E-state index in [9.17, 15) is 0 Å². The number of aliphatic imine (C=N–C) groups is 1. The van der Waals surface area contributed by atoms with Crippen LogP contribution in [0.5, 0.6) is 0 Å². The van der Waals surface area contributed by atoms with Gasteiger partial charge in [0, 0.05) is 17.8 Å². The average Bonchev–Trinajstić information content (AvgIpc) is 2.38. The Balaban J connectivity index is 2.89. The van der Waals surface area contributed by atoms with Gasteiger partial charge in [-0.15, -0.1) is 0 Å². The minimum atomic E-state index is 0.193. The Bertz CT molecular complexity index is 329. The lowest BCUT2D eigenvalue weighted by Crippen LogP contribution is -2.12. The number of nitrogens with zero attached hydrogens (tertiary/aromatic N) is 1. The lowest BCUT2D eigenvalue weighted by molar-refractivity contribution is 0.641. The van der Waals surface area contributed by atoms with Gasteiger partial charge in [-0.05, 0) is 31.8 Å². The number of hydrogen-bond donors (Lipinski definition) is 1. The van der Waals surface area contributed by atoms with Crippen LogP contribution in [0.2, 0.25) is 0 Å². The third-order valence-corrected chi connectivity index (χ3v) is 3.17. The van der Waals surface area contributed by atoms with E-state index in [1.54, 1.807) is 0 Å². The minimum Gasteiger partial charge on any atom is -0.309 e. The van der Waals surface area contributed by atoms with Crippen LogP contribution >= 0.6 is 12.2 Å². The second kappa shape index (κ2) is 5.31. The third-order valence-electron chi connectivity index (χ3n) is 2.95. The maximum atomic E-state index is 7.67. The molecule has 15 heavy (non-hydrogen) atoms. The Morgan fingerprint density at radius 3 is 2.93 bits per heavy atom. The summed E-state index contributed by atoms with van der Waals surface area (Å²) < 4.78 is 0. The molecule has 1 aliphatic rings. The van der Waals surface area contributed by atoms with Crippen molar-refractivity contribution in [2.75, 3.05) is 0 Å². The molecule has 2 nitrogen and oxygen atoms in total. The van der Waals surface area contributed by atoms with Crippen molar-refractivity contribution in [3.8, 4) is 0 Å². The molecule has 0 spiro atoms. The van der Waals surface area contributed by atoms with Crippen LogP contribution in [0.15, 0.2) is 16.6 Å². The van der Waals surface area contributed by atoms with E-state index in [1.807, 2.05) is 19.2 Å². The van der Waals surface area contributed by atoms with Crippen molar-refractivity contribution in [1.29, 1.82) is 5.41 Å². The Hall–Kier alpha value is -0.830. The molecule has 3 heteroatoms. The van der Waals surface area contributed by atoms with Gasteiger partial charge in [0.25, 0.3) is 0 Å². The van der Waals surface area contributed by atoms with Gasteiger partial charge in [-0.2, -0.15) is 0 Å². The Morgan fingerprint density at radius 2 is 2.40 bits per heavy atom. The number of rotatable bonds is 3. The molecule has 1 aliphatic heterocycles. The number of hydrogen-bond acceptors (Lipinski definition) is 2. The first-order chi connectivity index (χ1) is 7.04. The van der Waals surface area contributed by atoms with Crippen LogP contribution in [0.4, 0.5) is 0 Å². The molecule has 0 saturated heterocycles. The molecule has 0 saturated carbocycles. The molecule has 0 radical (unpaired) electrons. The lowest BCUT2D eigenvalue weighted by Gasteiger charge is -2.16. The highest BCUT2D eigenvalue weighted by Gasteiger charge is 2.17. The van der Waals surface area contributed by atoms with Gasteiger partial charge in [0.05, 0.1) is 0 Å². The first kappa shape index (κ1) is 12.2. The summed E-state index contributed by atoms with van der Waals surface area (Å²) in [4.78, 5) is 4.87. The van der Waals surface area contributed by atoms with Crippen LogP contribution in [0, 0.1) is 17.2 Å². The summed E-state index contributed by atoms with van der Waals surface area (Å²) in [5.41, 5.74) is 1.94. The second-order valence-electron chi connectivity index (χ2n) is 4.11. The first-order valence-corrected chi connectivity index (χ1v) is 5.79. The largest absolute Gasteiger partial charge is 0.309 e. The quantitative estimate of drug-likeness (QED) is 0.576. The molecule has 1 rings (SSSR count). The standard InChI is InChI=1S/C12H18N2S/c1-4-10-5-11(8(2)9(3)13)6-12(15)14-7-10/h6-8,10,13H,4-5H2,1-3H3. The lowest BCUT2D eigenvalue weighted by atomic mass is 9.88. The summed E-state index contributed by atoms with van der Waals surface area (Å²) in [6.07, 6.45) is 5.98. The fraction of sp³-hybridized carbons (Fsp3) is 0.583. The summed E-state index contributed by atoms with van der Waals surface area (Å²) >= 11 is 5.13. The van der Waals surface area contributed by atoms with Crippen molar-refractivity contribution in [3.63, 3.8) is 0 Å². The van der Waals surface area contributed by atoms with Gasteiger partial charge in [0.1, 0.15) is 4.99 Å². The molecule has 0 fully saturated rings. The predicted molar refractivity (Wildman–Crippen MR) is 70.1 cm³/mol. The van der Waals surface area contributed by atoms with E-state index >= 15 is 0 Å². The molecule has 82 valence electrons. The van der Waals surface area contributed by atoms with E-state index in [1.165, 1.54) is 5.57 Å². The summed E-state index contributed by atoms with van der Waals surface area (Å²) in [5.74, 6) is 0.664. The SMILES string of the molecule is CCC1C=NC(=S)C=C(C(C)C(C)=N)C1. The molecule has 1 heterocycles. The Labute approximate surface area is 97.0 Å². The molecule has 0 amide bonds. The molecular formula is C12H18N2S. The van der Waals surface area contributed by atoms with Gasteiger partial charge in [0.15, 0.2) is 0 Å². The smallest absolute Gasteiger partial charge is 0.125 e. The van der Waals surface area contributed by atoms with E-state index in [-0.39, 0.29) is 5.92 Å². The van der Waals surface area contributed by atoms with Gasteiger partial charge >= 0.3 is 0 Å². The Kier molecular flexibility index (Phi) is 4.33. The van der Waals surface area contributed by atoms with Gasteiger partial charge in [-0.3, -0.25) is 0 Å². The number of thiocarbonyl (C=S) groups is 1. The van der Waals surface area contributed by atoms with Crippen molar-refractivity contribution < 1.29 is 0 Å². The number of nitrogens with one attached hydrogen (secondary N) is 1. The van der Waals surface area contributed by atoms with Crippen molar-refractivity contribution in [2.45, 2.75) is 33.6 Å². The van der Waals surface area contributed by atoms with Crippen molar-refractivity contribution in [1.82, 2.24) is 0 Å². The summed E-state index contributed by atoms with van der Waals surface area (Å²) in [7, 11) is 0. The summed E-state index contributed by atoms with van der Waals surface area (Å²) in [6.45, 7) is 6.07. The maximum absolute atomic E-state index is 7.67. The fourth-order valence-corrected chi connectivity index (χ4v) is 1.83. The van der Waals surface area contributed by atoms with E-state index in [2.05, 4.69) is 18.8 Å². The average molecular weight is 222 g/mol. The summed E-state index contributed by atoms with van der Waals surface area (Å²) in [6, 6.07) is 0. The first-order valence-electron chi connectivity index (χ1n) is 5.38. The van der Waals surface area contributed by atoms with Crippen LogP contribution in [-0.2, 0) is 0 Å². The maximum Gasteiger partial charge on any atom is 0.125 e. The highest BCUT2D eigenvalue weighted by Crippen LogP contribution is 2.24. The second-order valence-corrected chi connectivity index (χ2v) is 4.53. The van der Waals surface area contributed by atoms with Crippen LogP contribution < -0.4 is 0 Å². The Morgan fingerprint density at radius 1 is 1.73 bits per heavy atom. The predicted octanol–water partition coefficient (Wildman–Crippen LogP) is 3.42. The highest BCUT2D eigenvalue weighted by molar-refractivity contribution is 7.80. The summed E-state index contributed by atoms with van der Waals surface area (Å²) in [5, 5.41) is 7.67. The topological polar surface area (TPSA) is 36.2 Å². The molecule has 0 aromatic rings. The molecule has 1 N–H and O–H groups in total. The molecule has 2 unspecified atom stereocenters. The van der Waals surface area contributed by atoms with Crippen molar-refractivity contribution in [3.05, 3.63) is 11.6 Å². The number of allylic oxidation sites excluding steroid dienone is 1. The van der Waals surface area contributed by atoms with Crippen LogP contribution in [0.3, 0.4) is 0 Å².